The number of aliphatic imine (C=N–C) groups is 1. The van der Waals surface area contributed by atoms with E-state index in [0.29, 0.717) is 22.6 Å². The Bertz CT molecular complexity index is 1710. The van der Waals surface area contributed by atoms with Gasteiger partial charge in [0.2, 0.25) is 0 Å². The number of hydrogen-bond donors (Lipinski definition) is 1. The number of rotatable bonds is 5. The molecule has 5 nitrogen and oxygen atoms in total. The van der Waals surface area contributed by atoms with Crippen molar-refractivity contribution in [3.63, 3.8) is 0 Å². The summed E-state index contributed by atoms with van der Waals surface area (Å²) in [5.41, 5.74) is 13.3. The molecule has 1 aliphatic heterocycles. The number of nitrogens with zero attached hydrogens (tertiary/aromatic N) is 3. The van der Waals surface area contributed by atoms with E-state index in [9.17, 15) is 4.79 Å². The highest BCUT2D eigenvalue weighted by atomic mass is 79.9. The van der Waals surface area contributed by atoms with Gasteiger partial charge < -0.3 is 5.73 Å². The van der Waals surface area contributed by atoms with Crippen LogP contribution >= 0.6 is 31.9 Å². The molecule has 194 valence electrons. The largest absolute Gasteiger partial charge is 0.398 e. The fraction of sp³-hybridized carbons (Fsp3) is 0.0303. The standard InChI is InChI=1S/C17H11BrN2.C16H11BrN2O/c1-19-15-7-2-12(3-8-15)4-9-17-16-10-14(18)6-5-13(16)11-20-17;1-19-13-6-2-11(3-7-13)4-9-16(20)14-10-12(17)5-8-15(14)18/h2-10H,11H2;2-10H,18H2/b2*9-4+. The Hall–Kier alpha value is -4.56. The summed E-state index contributed by atoms with van der Waals surface area (Å²) in [6, 6.07) is 26.0. The molecule has 0 radical (unpaired) electrons. The Kier molecular flexibility index (Phi) is 9.59. The number of nitrogen functional groups attached to an aromatic ring is 1. The fourth-order valence-electron chi connectivity index (χ4n) is 3.82. The van der Waals surface area contributed by atoms with Crippen LogP contribution in [0.5, 0.6) is 0 Å². The maximum absolute atomic E-state index is 12.1. The number of ketones is 1. The Morgan fingerprint density at radius 1 is 0.775 bits per heavy atom. The normalized spacial score (nSPS) is 11.8. The lowest BCUT2D eigenvalue weighted by molar-refractivity contribution is 0.104. The molecule has 4 aromatic carbocycles. The molecule has 2 N–H and O–H groups in total. The monoisotopic (exact) mass is 648 g/mol. The van der Waals surface area contributed by atoms with Crippen LogP contribution in [0, 0.1) is 13.1 Å². The van der Waals surface area contributed by atoms with Crippen molar-refractivity contribution in [2.24, 2.45) is 4.99 Å². The smallest absolute Gasteiger partial charge is 0.187 e. The highest BCUT2D eigenvalue weighted by Crippen LogP contribution is 2.24. The number of hydrogen-bond acceptors (Lipinski definition) is 3. The molecule has 0 unspecified atom stereocenters. The molecule has 0 spiro atoms. The van der Waals surface area contributed by atoms with Crippen molar-refractivity contribution in [2.75, 3.05) is 5.73 Å². The minimum atomic E-state index is -0.155. The Balaban J connectivity index is 0.000000185. The maximum Gasteiger partial charge on any atom is 0.187 e. The predicted molar refractivity (Wildman–Crippen MR) is 171 cm³/mol. The molecular weight excluding hydrogens is 628 g/mol. The Morgan fingerprint density at radius 3 is 1.98 bits per heavy atom. The van der Waals surface area contributed by atoms with Crippen LogP contribution in [-0.2, 0) is 6.54 Å². The van der Waals surface area contributed by atoms with Gasteiger partial charge in [-0.15, -0.1) is 0 Å². The van der Waals surface area contributed by atoms with Crippen LogP contribution in [0.4, 0.5) is 17.1 Å². The number of benzene rings is 4. The van der Waals surface area contributed by atoms with Gasteiger partial charge in [-0.2, -0.15) is 0 Å². The average Bonchev–Trinajstić information content (AvgIpc) is 3.38. The van der Waals surface area contributed by atoms with Crippen molar-refractivity contribution in [2.45, 2.75) is 6.54 Å². The molecular formula is C33H22Br2N4O. The van der Waals surface area contributed by atoms with Gasteiger partial charge in [0.05, 0.1) is 25.4 Å². The minimum Gasteiger partial charge on any atom is -0.398 e. The first-order chi connectivity index (χ1) is 19.4. The summed E-state index contributed by atoms with van der Waals surface area (Å²) in [6.07, 6.45) is 7.25. The summed E-state index contributed by atoms with van der Waals surface area (Å²) in [5.74, 6) is -0.155. The van der Waals surface area contributed by atoms with Crippen LogP contribution in [0.1, 0.15) is 32.6 Å². The van der Waals surface area contributed by atoms with E-state index in [-0.39, 0.29) is 5.78 Å². The van der Waals surface area contributed by atoms with Gasteiger partial charge in [0.15, 0.2) is 17.2 Å². The fourth-order valence-corrected chi connectivity index (χ4v) is 4.54. The lowest BCUT2D eigenvalue weighted by Crippen LogP contribution is -2.00. The first-order valence-corrected chi connectivity index (χ1v) is 13.7. The Morgan fingerprint density at radius 2 is 1.35 bits per heavy atom. The van der Waals surface area contributed by atoms with Crippen molar-refractivity contribution in [3.05, 3.63) is 157 Å². The summed E-state index contributed by atoms with van der Waals surface area (Å²) in [5, 5.41) is 0. The summed E-state index contributed by atoms with van der Waals surface area (Å²) >= 11 is 6.81. The minimum absolute atomic E-state index is 0.155. The predicted octanol–water partition coefficient (Wildman–Crippen LogP) is 9.49. The second kappa shape index (κ2) is 13.5. The van der Waals surface area contributed by atoms with Crippen LogP contribution in [0.3, 0.4) is 0 Å². The van der Waals surface area contributed by atoms with Crippen molar-refractivity contribution < 1.29 is 4.79 Å². The van der Waals surface area contributed by atoms with Crippen LogP contribution in [0.15, 0.2) is 111 Å². The third-order valence-electron chi connectivity index (χ3n) is 5.95. The average molecular weight is 650 g/mol. The molecule has 4 aromatic rings. The number of nitrogens with two attached hydrogens (primary N) is 1. The first-order valence-electron chi connectivity index (χ1n) is 12.1. The maximum atomic E-state index is 12.1. The molecule has 5 rings (SSSR count). The summed E-state index contributed by atoms with van der Waals surface area (Å²) in [6.45, 7) is 14.6. The Labute approximate surface area is 250 Å². The number of allylic oxidation sites excluding steroid dienone is 2. The zero-order valence-electron chi connectivity index (χ0n) is 21.2. The van der Waals surface area contributed by atoms with E-state index >= 15 is 0 Å². The first kappa shape index (κ1) is 28.4. The number of halogens is 2. The van der Waals surface area contributed by atoms with Crippen molar-refractivity contribution >= 4 is 72.6 Å². The van der Waals surface area contributed by atoms with E-state index < -0.39 is 0 Å². The lowest BCUT2D eigenvalue weighted by Gasteiger charge is -2.02. The summed E-state index contributed by atoms with van der Waals surface area (Å²) in [4.78, 5) is 23.3. The van der Waals surface area contributed by atoms with E-state index in [4.69, 9.17) is 18.9 Å². The third-order valence-corrected chi connectivity index (χ3v) is 6.94. The van der Waals surface area contributed by atoms with Gasteiger partial charge in [-0.25, -0.2) is 9.69 Å². The van der Waals surface area contributed by atoms with Gasteiger partial charge >= 0.3 is 0 Å². The molecule has 0 bridgehead atoms. The third kappa shape index (κ3) is 7.51. The van der Waals surface area contributed by atoms with Crippen molar-refractivity contribution in [1.29, 1.82) is 0 Å². The molecule has 0 saturated heterocycles. The van der Waals surface area contributed by atoms with Crippen LogP contribution < -0.4 is 5.73 Å². The molecule has 0 aliphatic carbocycles. The van der Waals surface area contributed by atoms with Gasteiger partial charge in [0.25, 0.3) is 0 Å². The van der Waals surface area contributed by atoms with Gasteiger partial charge in [-0.05, 0) is 59.2 Å². The quantitative estimate of drug-likeness (QED) is 0.101. The highest BCUT2D eigenvalue weighted by Gasteiger charge is 2.13. The molecule has 0 saturated carbocycles. The van der Waals surface area contributed by atoms with E-state index in [2.05, 4.69) is 58.7 Å². The van der Waals surface area contributed by atoms with Gasteiger partial charge in [0.1, 0.15) is 0 Å². The van der Waals surface area contributed by atoms with E-state index in [1.54, 1.807) is 48.5 Å². The number of carbonyl (C=O) groups is 1. The van der Waals surface area contributed by atoms with Gasteiger partial charge in [-0.1, -0.05) is 98.6 Å². The van der Waals surface area contributed by atoms with E-state index in [0.717, 1.165) is 32.3 Å². The van der Waals surface area contributed by atoms with Crippen molar-refractivity contribution in [3.8, 4) is 0 Å². The molecule has 1 aliphatic rings. The number of carbonyl (C=O) groups excluding carboxylic acids is 1. The SMILES string of the molecule is [C-]#[N+]c1ccc(/C=C/C(=O)c2cc(Br)ccc2N)cc1.[C-]#[N+]c1ccc(/C=C/C2=NCc3ccc(Br)cc32)cc1. The summed E-state index contributed by atoms with van der Waals surface area (Å²) < 4.78 is 1.88. The molecule has 7 heteroatoms. The van der Waals surface area contributed by atoms with E-state index in [1.807, 2.05) is 42.5 Å². The highest BCUT2D eigenvalue weighted by molar-refractivity contribution is 9.10. The molecule has 0 fully saturated rings. The van der Waals surface area contributed by atoms with Gasteiger partial charge in [-0.3, -0.25) is 9.79 Å². The molecule has 0 amide bonds. The van der Waals surface area contributed by atoms with Crippen LogP contribution in [0.2, 0.25) is 0 Å². The van der Waals surface area contributed by atoms with Gasteiger partial charge in [0, 0.05) is 25.8 Å². The molecule has 40 heavy (non-hydrogen) atoms. The number of fused-ring (bicyclic) bond motifs is 1. The zero-order valence-corrected chi connectivity index (χ0v) is 24.4. The van der Waals surface area contributed by atoms with E-state index in [1.165, 1.54) is 17.2 Å². The van der Waals surface area contributed by atoms with Crippen LogP contribution in [0.25, 0.3) is 21.8 Å². The zero-order chi connectivity index (χ0) is 28.5. The molecule has 0 aromatic heterocycles. The van der Waals surface area contributed by atoms with Crippen LogP contribution in [-0.4, -0.2) is 11.5 Å². The van der Waals surface area contributed by atoms with Crippen molar-refractivity contribution in [1.82, 2.24) is 0 Å². The number of anilines is 1. The lowest BCUT2D eigenvalue weighted by atomic mass is 10.0. The summed E-state index contributed by atoms with van der Waals surface area (Å²) in [7, 11) is 0. The molecule has 1 heterocycles. The topological polar surface area (TPSA) is 64.2 Å². The second-order valence-corrected chi connectivity index (χ2v) is 10.5. The second-order valence-electron chi connectivity index (χ2n) is 8.67. The molecule has 0 atom stereocenters.